The predicted octanol–water partition coefficient (Wildman–Crippen LogP) is 8.18. The van der Waals surface area contributed by atoms with Crippen LogP contribution in [0.2, 0.25) is 0 Å². The number of alkyl halides is 3. The van der Waals surface area contributed by atoms with Crippen molar-refractivity contribution in [3.63, 3.8) is 0 Å². The number of nitrogens with zero attached hydrogens (tertiary/aromatic N) is 1. The second-order valence-electron chi connectivity index (χ2n) is 10.2. The van der Waals surface area contributed by atoms with Crippen molar-refractivity contribution in [1.29, 1.82) is 0 Å². The Bertz CT molecular complexity index is 1680. The van der Waals surface area contributed by atoms with Gasteiger partial charge in [0.1, 0.15) is 18.5 Å². The fraction of sp³-hybridized carbons (Fsp3) is 0.233. The van der Waals surface area contributed by atoms with Crippen LogP contribution in [0.15, 0.2) is 66.9 Å². The van der Waals surface area contributed by atoms with Gasteiger partial charge in [-0.2, -0.15) is 13.2 Å². The van der Waals surface area contributed by atoms with E-state index in [0.29, 0.717) is 5.56 Å². The molecule has 5 heteroatoms. The van der Waals surface area contributed by atoms with Crippen LogP contribution in [0.1, 0.15) is 25.0 Å². The van der Waals surface area contributed by atoms with Gasteiger partial charge in [-0.1, -0.05) is 56.3 Å². The topological polar surface area (TPSA) is 13.1 Å². The Morgan fingerprint density at radius 1 is 0.829 bits per heavy atom. The third-order valence-corrected chi connectivity index (χ3v) is 7.44. The zero-order valence-electron chi connectivity index (χ0n) is 20.0. The zero-order chi connectivity index (χ0) is 24.7. The first kappa shape index (κ1) is 21.9. The Labute approximate surface area is 201 Å². The van der Waals surface area contributed by atoms with Crippen LogP contribution in [-0.4, -0.2) is 6.18 Å². The molecule has 6 rings (SSSR count). The highest BCUT2D eigenvalue weighted by Gasteiger charge is 2.47. The molecule has 0 unspecified atom stereocenters. The summed E-state index contributed by atoms with van der Waals surface area (Å²) in [6.07, 6.45) is -2.40. The lowest BCUT2D eigenvalue weighted by Crippen LogP contribution is -2.34. The van der Waals surface area contributed by atoms with E-state index in [1.807, 2.05) is 55.7 Å². The fourth-order valence-corrected chi connectivity index (χ4v) is 5.48. The van der Waals surface area contributed by atoms with E-state index >= 15 is 0 Å². The number of hydrogen-bond donors (Lipinski definition) is 0. The van der Waals surface area contributed by atoms with Crippen molar-refractivity contribution in [1.82, 2.24) is 0 Å². The Morgan fingerprint density at radius 3 is 2.31 bits per heavy atom. The number of fused-ring (bicyclic) bond motifs is 5. The molecular weight excluding hydrogens is 447 g/mol. The van der Waals surface area contributed by atoms with E-state index in [0.717, 1.165) is 60.6 Å². The molecule has 0 saturated heterocycles. The summed E-state index contributed by atoms with van der Waals surface area (Å²) in [7, 11) is 2.01. The maximum atomic E-state index is 13.8. The number of aryl methyl sites for hydroxylation is 2. The number of rotatable bonds is 2. The van der Waals surface area contributed by atoms with Crippen molar-refractivity contribution in [3.8, 4) is 22.8 Å². The Balaban J connectivity index is 1.70. The normalized spacial score (nSPS) is 13.3. The Kier molecular flexibility index (Phi) is 4.51. The zero-order valence-corrected chi connectivity index (χ0v) is 20.0. The number of aromatic nitrogens is 1. The monoisotopic (exact) mass is 472 g/mol. The minimum Gasteiger partial charge on any atom is -0.456 e. The molecule has 5 aromatic rings. The molecular formula is C30H25F3NO+. The number of benzene rings is 4. The van der Waals surface area contributed by atoms with E-state index < -0.39 is 11.6 Å². The molecule has 2 nitrogen and oxygen atoms in total. The Hall–Kier alpha value is -3.60. The van der Waals surface area contributed by atoms with Crippen molar-refractivity contribution in [2.75, 3.05) is 0 Å². The maximum Gasteiger partial charge on any atom is 0.394 e. The maximum absolute atomic E-state index is 13.8. The van der Waals surface area contributed by atoms with Gasteiger partial charge in [0.05, 0.1) is 16.4 Å². The van der Waals surface area contributed by atoms with Crippen molar-refractivity contribution in [2.24, 2.45) is 12.5 Å². The van der Waals surface area contributed by atoms with Gasteiger partial charge in [-0.15, -0.1) is 0 Å². The lowest BCUT2D eigenvalue weighted by Gasteiger charge is -2.29. The van der Waals surface area contributed by atoms with Gasteiger partial charge in [0, 0.05) is 11.5 Å². The largest absolute Gasteiger partial charge is 0.456 e. The third-order valence-electron chi connectivity index (χ3n) is 7.44. The smallest absolute Gasteiger partial charge is 0.394 e. The van der Waals surface area contributed by atoms with E-state index in [2.05, 4.69) is 29.7 Å². The molecule has 0 saturated carbocycles. The summed E-state index contributed by atoms with van der Waals surface area (Å²) >= 11 is 0. The van der Waals surface area contributed by atoms with E-state index in [-0.39, 0.29) is 6.42 Å². The molecule has 1 aliphatic heterocycles. The molecule has 2 heterocycles. The van der Waals surface area contributed by atoms with E-state index in [1.54, 1.807) is 0 Å². The van der Waals surface area contributed by atoms with Crippen molar-refractivity contribution in [3.05, 3.63) is 78.0 Å². The molecule has 0 atom stereocenters. The van der Waals surface area contributed by atoms with Gasteiger partial charge in [-0.3, -0.25) is 0 Å². The van der Waals surface area contributed by atoms with Gasteiger partial charge in [-0.25, -0.2) is 4.57 Å². The molecule has 0 aliphatic carbocycles. The number of halogens is 3. The van der Waals surface area contributed by atoms with Crippen LogP contribution < -0.4 is 9.30 Å². The standard InChI is InChI=1S/C30H25F3NO/c1-17-21-11-6-5-8-18(21)14-23-25(17)28-27-22(12-13-34(28)4)26-19(15-24(27)35-23)9-7-10-20(26)16-29(2,3)30(31,32)33/h5-15H,16H2,1-4H3/q+1. The summed E-state index contributed by atoms with van der Waals surface area (Å²) in [5.41, 5.74) is 2.02. The summed E-state index contributed by atoms with van der Waals surface area (Å²) < 4.78 is 50.0. The molecule has 0 amide bonds. The number of hydrogen-bond acceptors (Lipinski definition) is 1. The van der Waals surface area contributed by atoms with E-state index in [4.69, 9.17) is 4.74 Å². The quantitative estimate of drug-likeness (QED) is 0.183. The summed E-state index contributed by atoms with van der Waals surface area (Å²) in [4.78, 5) is 0. The summed E-state index contributed by atoms with van der Waals surface area (Å²) in [6.45, 7) is 4.64. The number of pyridine rings is 1. The minimum atomic E-state index is -4.30. The van der Waals surface area contributed by atoms with Gasteiger partial charge in [0.15, 0.2) is 6.20 Å². The van der Waals surface area contributed by atoms with Crippen molar-refractivity contribution in [2.45, 2.75) is 33.4 Å². The predicted molar refractivity (Wildman–Crippen MR) is 134 cm³/mol. The van der Waals surface area contributed by atoms with Gasteiger partial charge in [0.25, 0.3) is 0 Å². The number of ether oxygens (including phenoxy) is 1. The highest BCUT2D eigenvalue weighted by molar-refractivity contribution is 6.17. The van der Waals surface area contributed by atoms with E-state index in [9.17, 15) is 13.2 Å². The highest BCUT2D eigenvalue weighted by Crippen LogP contribution is 2.51. The van der Waals surface area contributed by atoms with Crippen LogP contribution in [0, 0.1) is 12.3 Å². The van der Waals surface area contributed by atoms with Crippen molar-refractivity contribution < 1.29 is 22.5 Å². The molecule has 0 bridgehead atoms. The van der Waals surface area contributed by atoms with Crippen molar-refractivity contribution >= 4 is 32.3 Å². The van der Waals surface area contributed by atoms with Gasteiger partial charge >= 0.3 is 6.18 Å². The molecule has 35 heavy (non-hydrogen) atoms. The summed E-state index contributed by atoms with van der Waals surface area (Å²) in [5.74, 6) is 1.53. The van der Waals surface area contributed by atoms with Gasteiger partial charge in [0.2, 0.25) is 5.69 Å². The Morgan fingerprint density at radius 2 is 1.54 bits per heavy atom. The lowest BCUT2D eigenvalue weighted by molar-refractivity contribution is -0.659. The highest BCUT2D eigenvalue weighted by atomic mass is 19.4. The first-order chi connectivity index (χ1) is 16.6. The van der Waals surface area contributed by atoms with Crippen LogP contribution in [0.5, 0.6) is 11.5 Å². The molecule has 0 radical (unpaired) electrons. The third kappa shape index (κ3) is 3.14. The second-order valence-corrected chi connectivity index (χ2v) is 10.2. The van der Waals surface area contributed by atoms with Crippen LogP contribution in [0.25, 0.3) is 43.6 Å². The molecule has 0 fully saturated rings. The molecule has 0 spiro atoms. The summed E-state index contributed by atoms with van der Waals surface area (Å²) in [6, 6.07) is 19.9. The summed E-state index contributed by atoms with van der Waals surface area (Å²) in [5, 5.41) is 5.85. The van der Waals surface area contributed by atoms with Gasteiger partial charge < -0.3 is 4.74 Å². The molecule has 0 N–H and O–H groups in total. The second kappa shape index (κ2) is 7.20. The average Bonchev–Trinajstić information content (AvgIpc) is 2.79. The SMILES string of the molecule is Cc1c2c(cc3ccccc13)Oc1cc3cccc(CC(C)(C)C(F)(F)F)c3c3cc[n+](C)c-2c13. The van der Waals surface area contributed by atoms with Crippen LogP contribution in [0.4, 0.5) is 13.2 Å². The minimum absolute atomic E-state index is 0.0975. The fourth-order valence-electron chi connectivity index (χ4n) is 5.48. The molecule has 176 valence electrons. The molecule has 1 aliphatic rings. The van der Waals surface area contributed by atoms with Crippen LogP contribution in [-0.2, 0) is 13.5 Å². The van der Waals surface area contributed by atoms with E-state index in [1.165, 1.54) is 13.8 Å². The van der Waals surface area contributed by atoms with Gasteiger partial charge in [-0.05, 0) is 58.1 Å². The first-order valence-corrected chi connectivity index (χ1v) is 11.7. The van der Waals surface area contributed by atoms with Crippen LogP contribution >= 0.6 is 0 Å². The molecule has 4 aromatic carbocycles. The average molecular weight is 473 g/mol. The van der Waals surface area contributed by atoms with Crippen LogP contribution in [0.3, 0.4) is 0 Å². The lowest BCUT2D eigenvalue weighted by atomic mass is 9.82. The first-order valence-electron chi connectivity index (χ1n) is 11.7. The molecule has 1 aromatic heterocycles.